The monoisotopic (exact) mass is 544 g/mol. The molecule has 0 aliphatic carbocycles. The van der Waals surface area contributed by atoms with Crippen molar-refractivity contribution in [1.29, 1.82) is 0 Å². The fourth-order valence-electron chi connectivity index (χ4n) is 3.87. The van der Waals surface area contributed by atoms with Crippen LogP contribution in [0.25, 0.3) is 0 Å². The molecule has 1 saturated heterocycles. The van der Waals surface area contributed by atoms with Gasteiger partial charge in [-0.15, -0.1) is 47.1 Å². The Balaban J connectivity index is 0.00000240. The smallest absolute Gasteiger partial charge is 0.191 e. The number of thioether (sulfide) groups is 1. The van der Waals surface area contributed by atoms with Crippen molar-refractivity contribution in [2.24, 2.45) is 10.7 Å². The largest absolute Gasteiger partial charge is 0.378 e. The van der Waals surface area contributed by atoms with Crippen LogP contribution in [0.1, 0.15) is 22.0 Å². The van der Waals surface area contributed by atoms with Crippen LogP contribution >= 0.6 is 47.1 Å². The first kappa shape index (κ1) is 22.9. The maximum absolute atomic E-state index is 6.31. The van der Waals surface area contributed by atoms with Crippen LogP contribution in [-0.2, 0) is 17.7 Å². The summed E-state index contributed by atoms with van der Waals surface area (Å²) in [6, 6.07) is 11.4. The van der Waals surface area contributed by atoms with Gasteiger partial charge in [0.25, 0.3) is 0 Å². The molecular weight excluding hydrogens is 515 g/mol. The molecule has 1 unspecified atom stereocenters. The Morgan fingerprint density at radius 2 is 1.97 bits per heavy atom. The van der Waals surface area contributed by atoms with Crippen LogP contribution < -0.4 is 5.73 Å². The first-order chi connectivity index (χ1) is 13.7. The zero-order valence-corrected chi connectivity index (χ0v) is 20.7. The number of aliphatic imine (C=N–C) groups is 1. The number of thiophene rings is 1. The molecule has 5 nitrogen and oxygen atoms in total. The minimum absolute atomic E-state index is 0. The molecule has 2 N–H and O–H groups in total. The Morgan fingerprint density at radius 3 is 2.69 bits per heavy atom. The molecule has 0 radical (unpaired) electrons. The van der Waals surface area contributed by atoms with Crippen LogP contribution in [0.2, 0.25) is 0 Å². The first-order valence-electron chi connectivity index (χ1n) is 9.80. The molecule has 2 aliphatic rings. The van der Waals surface area contributed by atoms with Crippen LogP contribution in [0.4, 0.5) is 0 Å². The summed E-state index contributed by atoms with van der Waals surface area (Å²) in [7, 11) is 0. The van der Waals surface area contributed by atoms with Crippen molar-refractivity contribution in [3.63, 3.8) is 0 Å². The van der Waals surface area contributed by atoms with Gasteiger partial charge in [-0.25, -0.2) is 0 Å². The summed E-state index contributed by atoms with van der Waals surface area (Å²) < 4.78 is 5.43. The molecule has 2 aliphatic heterocycles. The normalized spacial score (nSPS) is 18.8. The number of benzene rings is 1. The molecule has 8 heteroatoms. The summed E-state index contributed by atoms with van der Waals surface area (Å²) in [4.78, 5) is 12.3. The van der Waals surface area contributed by atoms with E-state index in [0.29, 0.717) is 12.5 Å². The average molecular weight is 545 g/mol. The zero-order chi connectivity index (χ0) is 19.3. The first-order valence-corrected chi connectivity index (χ1v) is 11.9. The Hall–Kier alpha value is -0.810. The number of hydrogen-bond donors (Lipinski definition) is 1. The summed E-state index contributed by atoms with van der Waals surface area (Å²) in [5.74, 6) is 0.641. The third-order valence-electron chi connectivity index (χ3n) is 5.54. The van der Waals surface area contributed by atoms with Crippen molar-refractivity contribution >= 4 is 53.0 Å². The van der Waals surface area contributed by atoms with Gasteiger partial charge in [0.15, 0.2) is 5.96 Å². The number of morpholine rings is 1. The minimum atomic E-state index is 0. The Labute approximate surface area is 198 Å². The lowest BCUT2D eigenvalue weighted by atomic mass is 10.0. The van der Waals surface area contributed by atoms with E-state index in [9.17, 15) is 0 Å². The van der Waals surface area contributed by atoms with E-state index in [0.717, 1.165) is 45.8 Å². The van der Waals surface area contributed by atoms with Gasteiger partial charge in [0.2, 0.25) is 0 Å². The standard InChI is InChI=1S/C21H28N4OS2.HI/c1-27-18-4-2-16(3-5-18)19(14-23-21(22)24-9-11-26-12-10-24)25-8-6-20-17(15-25)7-13-28-20;/h2-5,7,13,19H,6,8-12,14-15H2,1H3,(H2,22,23);1H. The molecule has 2 aromatic rings. The van der Waals surface area contributed by atoms with E-state index in [-0.39, 0.29) is 30.0 Å². The van der Waals surface area contributed by atoms with Crippen LogP contribution in [0, 0.1) is 0 Å². The predicted molar refractivity (Wildman–Crippen MR) is 134 cm³/mol. The van der Waals surface area contributed by atoms with Crippen molar-refractivity contribution < 1.29 is 4.74 Å². The predicted octanol–water partition coefficient (Wildman–Crippen LogP) is 3.83. The zero-order valence-electron chi connectivity index (χ0n) is 16.8. The summed E-state index contributed by atoms with van der Waals surface area (Å²) in [5, 5.41) is 2.21. The highest BCUT2D eigenvalue weighted by Crippen LogP contribution is 2.31. The van der Waals surface area contributed by atoms with Gasteiger partial charge >= 0.3 is 0 Å². The molecule has 1 aromatic heterocycles. The number of nitrogens with two attached hydrogens (primary N) is 1. The highest BCUT2D eigenvalue weighted by atomic mass is 127. The molecule has 0 bridgehead atoms. The number of guanidine groups is 1. The summed E-state index contributed by atoms with van der Waals surface area (Å²) in [6.07, 6.45) is 3.23. The van der Waals surface area contributed by atoms with Crippen LogP contribution in [0.3, 0.4) is 0 Å². The van der Waals surface area contributed by atoms with Crippen molar-refractivity contribution in [3.05, 3.63) is 51.7 Å². The Bertz CT molecular complexity index is 805. The highest BCUT2D eigenvalue weighted by Gasteiger charge is 2.26. The van der Waals surface area contributed by atoms with Gasteiger partial charge < -0.3 is 15.4 Å². The highest BCUT2D eigenvalue weighted by molar-refractivity contribution is 14.0. The van der Waals surface area contributed by atoms with E-state index in [1.807, 2.05) is 11.3 Å². The van der Waals surface area contributed by atoms with Crippen molar-refractivity contribution in [3.8, 4) is 0 Å². The number of rotatable bonds is 5. The van der Waals surface area contributed by atoms with Gasteiger partial charge in [0, 0.05) is 36.0 Å². The van der Waals surface area contributed by atoms with Crippen molar-refractivity contribution in [1.82, 2.24) is 9.80 Å². The molecule has 1 fully saturated rings. The van der Waals surface area contributed by atoms with Crippen molar-refractivity contribution in [2.45, 2.75) is 23.9 Å². The lowest BCUT2D eigenvalue weighted by Gasteiger charge is -2.34. The van der Waals surface area contributed by atoms with Gasteiger partial charge in [-0.3, -0.25) is 9.89 Å². The SMILES string of the molecule is CSc1ccc(C(CN=C(N)N2CCOCC2)N2CCc3sccc3C2)cc1.I. The Kier molecular flexibility index (Phi) is 8.67. The molecule has 1 aromatic carbocycles. The van der Waals surface area contributed by atoms with E-state index in [1.165, 1.54) is 20.9 Å². The molecule has 0 amide bonds. The second-order valence-electron chi connectivity index (χ2n) is 7.18. The van der Waals surface area contributed by atoms with E-state index in [4.69, 9.17) is 15.5 Å². The third kappa shape index (κ3) is 5.66. The molecule has 4 rings (SSSR count). The second-order valence-corrected chi connectivity index (χ2v) is 9.06. The second kappa shape index (κ2) is 11.0. The maximum Gasteiger partial charge on any atom is 0.191 e. The average Bonchev–Trinajstić information content (AvgIpc) is 3.23. The molecule has 29 heavy (non-hydrogen) atoms. The van der Waals surface area contributed by atoms with Gasteiger partial charge in [-0.1, -0.05) is 12.1 Å². The quantitative estimate of drug-likeness (QED) is 0.269. The van der Waals surface area contributed by atoms with E-state index in [1.54, 1.807) is 11.8 Å². The van der Waals surface area contributed by atoms with E-state index in [2.05, 4.69) is 51.8 Å². The molecule has 0 saturated carbocycles. The Morgan fingerprint density at radius 1 is 1.21 bits per heavy atom. The molecule has 0 spiro atoms. The van der Waals surface area contributed by atoms with Gasteiger partial charge in [0.1, 0.15) is 0 Å². The number of nitrogens with zero attached hydrogens (tertiary/aromatic N) is 3. The van der Waals surface area contributed by atoms with E-state index >= 15 is 0 Å². The topological polar surface area (TPSA) is 54.1 Å². The third-order valence-corrected chi connectivity index (χ3v) is 7.31. The van der Waals surface area contributed by atoms with Gasteiger partial charge in [0.05, 0.1) is 25.8 Å². The van der Waals surface area contributed by atoms with Crippen LogP contribution in [-0.4, -0.2) is 61.4 Å². The summed E-state index contributed by atoms with van der Waals surface area (Å²) in [6.45, 7) is 5.83. The molecular formula is C21H29IN4OS2. The van der Waals surface area contributed by atoms with Gasteiger partial charge in [-0.05, 0) is 47.4 Å². The van der Waals surface area contributed by atoms with E-state index < -0.39 is 0 Å². The molecule has 3 heterocycles. The number of fused-ring (bicyclic) bond motifs is 1. The molecule has 1 atom stereocenters. The number of hydrogen-bond acceptors (Lipinski definition) is 5. The van der Waals surface area contributed by atoms with Crippen molar-refractivity contribution in [2.75, 3.05) is 45.6 Å². The maximum atomic E-state index is 6.31. The number of ether oxygens (including phenoxy) is 1. The lowest BCUT2D eigenvalue weighted by Crippen LogP contribution is -2.45. The number of halogens is 1. The fourth-order valence-corrected chi connectivity index (χ4v) is 5.16. The summed E-state index contributed by atoms with van der Waals surface area (Å²) >= 11 is 3.66. The van der Waals surface area contributed by atoms with Crippen LogP contribution in [0.5, 0.6) is 0 Å². The molecule has 158 valence electrons. The lowest BCUT2D eigenvalue weighted by molar-refractivity contribution is 0.0673. The summed E-state index contributed by atoms with van der Waals surface area (Å²) in [5.41, 5.74) is 9.09. The van der Waals surface area contributed by atoms with Crippen LogP contribution in [0.15, 0.2) is 45.6 Å². The van der Waals surface area contributed by atoms with Gasteiger partial charge in [-0.2, -0.15) is 0 Å². The fraction of sp³-hybridized carbons (Fsp3) is 0.476. The minimum Gasteiger partial charge on any atom is -0.378 e.